The first-order valence-corrected chi connectivity index (χ1v) is 23.0. The summed E-state index contributed by atoms with van der Waals surface area (Å²) in [6.45, 7) is 4.91. The van der Waals surface area contributed by atoms with E-state index < -0.39 is 12.0 Å². The molecule has 0 bridgehead atoms. The van der Waals surface area contributed by atoms with E-state index in [1.807, 2.05) is 30.3 Å². The summed E-state index contributed by atoms with van der Waals surface area (Å²) < 4.78 is 5.73. The van der Waals surface area contributed by atoms with Gasteiger partial charge in [-0.05, 0) is 31.2 Å². The number of esters is 1. The zero-order valence-electron chi connectivity index (χ0n) is 35.7. The first-order chi connectivity index (χ1) is 26.9. The third kappa shape index (κ3) is 29.1. The van der Waals surface area contributed by atoms with Gasteiger partial charge in [0.2, 0.25) is 11.8 Å². The Bertz CT molecular complexity index is 1090. The Hall–Kier alpha value is -2.90. The SMILES string of the molecule is CCCCCCCCCCCCCCCCCC(=O)N(C(=O)CCCCCCCCCCCCCCC)[C@@H](CCCN=C(N)N)C(=O)OCc1ccccc1. The van der Waals surface area contributed by atoms with Crippen molar-refractivity contribution in [3.8, 4) is 0 Å². The zero-order chi connectivity index (χ0) is 40.0. The van der Waals surface area contributed by atoms with E-state index >= 15 is 0 Å². The zero-order valence-corrected chi connectivity index (χ0v) is 35.7. The topological polar surface area (TPSA) is 128 Å². The van der Waals surface area contributed by atoms with Crippen molar-refractivity contribution >= 4 is 23.7 Å². The minimum Gasteiger partial charge on any atom is -0.459 e. The van der Waals surface area contributed by atoms with Crippen molar-refractivity contribution in [2.45, 2.75) is 232 Å². The molecule has 0 aliphatic carbocycles. The lowest BCUT2D eigenvalue weighted by atomic mass is 10.0. The first kappa shape index (κ1) is 50.1. The van der Waals surface area contributed by atoms with Crippen LogP contribution in [0.2, 0.25) is 0 Å². The lowest BCUT2D eigenvalue weighted by molar-refractivity contribution is -0.162. The number of amides is 2. The van der Waals surface area contributed by atoms with Crippen molar-refractivity contribution in [1.29, 1.82) is 0 Å². The molecule has 0 radical (unpaired) electrons. The van der Waals surface area contributed by atoms with Gasteiger partial charge in [0, 0.05) is 19.4 Å². The van der Waals surface area contributed by atoms with Gasteiger partial charge in [0.25, 0.3) is 0 Å². The standard InChI is InChI=1S/C47H84N4O4/c1-3-5-7-9-11-13-15-17-18-20-22-24-26-28-33-39-45(53)51(44(52)38-32-27-25-23-21-19-16-14-12-10-8-6-4-2)43(37-34-40-50-47(48)49)46(54)55-41-42-35-30-29-31-36-42/h29-31,35-36,43H,3-28,32-34,37-41H2,1-2H3,(H4,48,49,50)/t43-/m0/s1. The van der Waals surface area contributed by atoms with Crippen LogP contribution in [0.4, 0.5) is 0 Å². The molecule has 316 valence electrons. The van der Waals surface area contributed by atoms with Gasteiger partial charge in [0.1, 0.15) is 12.6 Å². The monoisotopic (exact) mass is 769 g/mol. The van der Waals surface area contributed by atoms with Crippen LogP contribution in [0.1, 0.15) is 225 Å². The van der Waals surface area contributed by atoms with Crippen molar-refractivity contribution in [2.75, 3.05) is 6.54 Å². The molecule has 0 fully saturated rings. The van der Waals surface area contributed by atoms with Gasteiger partial charge in [-0.15, -0.1) is 0 Å². The normalized spacial score (nSPS) is 11.7. The summed E-state index contributed by atoms with van der Waals surface area (Å²) >= 11 is 0. The molecule has 1 aromatic rings. The molecule has 1 rings (SSSR count). The van der Waals surface area contributed by atoms with Crippen molar-refractivity contribution < 1.29 is 19.1 Å². The Kier molecular flexibility index (Phi) is 33.5. The smallest absolute Gasteiger partial charge is 0.329 e. The first-order valence-electron chi connectivity index (χ1n) is 23.0. The second-order valence-corrected chi connectivity index (χ2v) is 15.9. The number of hydrogen-bond donors (Lipinski definition) is 2. The largest absolute Gasteiger partial charge is 0.459 e. The van der Waals surface area contributed by atoms with Gasteiger partial charge in [0.15, 0.2) is 5.96 Å². The van der Waals surface area contributed by atoms with Crippen molar-refractivity contribution in [3.63, 3.8) is 0 Å². The van der Waals surface area contributed by atoms with Crippen LogP contribution in [0.3, 0.4) is 0 Å². The molecule has 55 heavy (non-hydrogen) atoms. The van der Waals surface area contributed by atoms with E-state index in [4.69, 9.17) is 16.2 Å². The fourth-order valence-corrected chi connectivity index (χ4v) is 7.34. The number of nitrogens with two attached hydrogens (primary N) is 2. The highest BCUT2D eigenvalue weighted by molar-refractivity contribution is 5.99. The van der Waals surface area contributed by atoms with Crippen molar-refractivity contribution in [3.05, 3.63) is 35.9 Å². The maximum Gasteiger partial charge on any atom is 0.329 e. The summed E-state index contributed by atoms with van der Waals surface area (Å²) in [6.07, 6.45) is 35.6. The molecular formula is C47H84N4O4. The summed E-state index contributed by atoms with van der Waals surface area (Å²) in [5, 5.41) is 0. The molecule has 1 aromatic carbocycles. The maximum atomic E-state index is 13.8. The third-order valence-corrected chi connectivity index (χ3v) is 10.8. The number of rotatable bonds is 38. The summed E-state index contributed by atoms with van der Waals surface area (Å²) in [5.41, 5.74) is 11.9. The molecule has 2 amide bonds. The summed E-state index contributed by atoms with van der Waals surface area (Å²) in [5.74, 6) is -1.14. The molecule has 0 aromatic heterocycles. The van der Waals surface area contributed by atoms with Gasteiger partial charge in [-0.2, -0.15) is 0 Å². The number of aliphatic imine (C=N–C) groups is 1. The highest BCUT2D eigenvalue weighted by Gasteiger charge is 2.35. The lowest BCUT2D eigenvalue weighted by Crippen LogP contribution is -2.49. The molecule has 1 atom stereocenters. The minimum absolute atomic E-state index is 0.0252. The number of imide groups is 1. The quantitative estimate of drug-likeness (QED) is 0.0298. The Morgan fingerprint density at radius 3 is 1.27 bits per heavy atom. The van der Waals surface area contributed by atoms with E-state index in [1.54, 1.807) is 0 Å². The molecule has 0 aliphatic heterocycles. The highest BCUT2D eigenvalue weighted by atomic mass is 16.5. The lowest BCUT2D eigenvalue weighted by Gasteiger charge is -2.29. The van der Waals surface area contributed by atoms with E-state index in [0.717, 1.165) is 31.2 Å². The fourth-order valence-electron chi connectivity index (χ4n) is 7.34. The highest BCUT2D eigenvalue weighted by Crippen LogP contribution is 2.20. The van der Waals surface area contributed by atoms with Crippen LogP contribution in [0.15, 0.2) is 35.3 Å². The third-order valence-electron chi connectivity index (χ3n) is 10.8. The van der Waals surface area contributed by atoms with Crippen molar-refractivity contribution in [2.24, 2.45) is 16.5 Å². The number of nitrogens with zero attached hydrogens (tertiary/aromatic N) is 2. The maximum absolute atomic E-state index is 13.8. The van der Waals surface area contributed by atoms with E-state index in [0.29, 0.717) is 25.8 Å². The Morgan fingerprint density at radius 1 is 0.545 bits per heavy atom. The van der Waals surface area contributed by atoms with Crippen LogP contribution in [-0.2, 0) is 25.7 Å². The van der Waals surface area contributed by atoms with E-state index in [-0.39, 0.29) is 43.6 Å². The van der Waals surface area contributed by atoms with Gasteiger partial charge in [-0.25, -0.2) is 4.79 Å². The van der Waals surface area contributed by atoms with Crippen LogP contribution in [0, 0.1) is 0 Å². The van der Waals surface area contributed by atoms with Crippen LogP contribution in [0.25, 0.3) is 0 Å². The summed E-state index contributed by atoms with van der Waals surface area (Å²) in [4.78, 5) is 46.6. The second kappa shape index (κ2) is 36.7. The number of benzene rings is 1. The fraction of sp³-hybridized carbons (Fsp3) is 0.787. The Labute approximate surface area is 337 Å². The molecule has 0 unspecified atom stereocenters. The molecule has 0 saturated heterocycles. The van der Waals surface area contributed by atoms with E-state index in [9.17, 15) is 14.4 Å². The number of ether oxygens (including phenoxy) is 1. The van der Waals surface area contributed by atoms with Gasteiger partial charge in [-0.3, -0.25) is 19.5 Å². The Morgan fingerprint density at radius 2 is 0.909 bits per heavy atom. The van der Waals surface area contributed by atoms with Gasteiger partial charge >= 0.3 is 5.97 Å². The predicted octanol–water partition coefficient (Wildman–Crippen LogP) is 12.2. The molecule has 0 heterocycles. The predicted molar refractivity (Wildman–Crippen MR) is 232 cm³/mol. The van der Waals surface area contributed by atoms with Gasteiger partial charge < -0.3 is 16.2 Å². The summed E-state index contributed by atoms with van der Waals surface area (Å²) in [6, 6.07) is 8.46. The Balaban J connectivity index is 2.66. The average molecular weight is 769 g/mol. The molecular weight excluding hydrogens is 685 g/mol. The van der Waals surface area contributed by atoms with E-state index in [2.05, 4.69) is 18.8 Å². The van der Waals surface area contributed by atoms with Gasteiger partial charge in [-0.1, -0.05) is 211 Å². The van der Waals surface area contributed by atoms with E-state index in [1.165, 1.54) is 146 Å². The average Bonchev–Trinajstić information content (AvgIpc) is 3.18. The van der Waals surface area contributed by atoms with Crippen LogP contribution in [-0.4, -0.2) is 41.2 Å². The molecule has 8 heteroatoms. The number of carbonyl (C=O) groups excluding carboxylic acids is 3. The molecule has 0 spiro atoms. The van der Waals surface area contributed by atoms with Crippen molar-refractivity contribution in [1.82, 2.24) is 4.90 Å². The minimum atomic E-state index is -1.00. The molecule has 0 saturated carbocycles. The van der Waals surface area contributed by atoms with Crippen LogP contribution < -0.4 is 11.5 Å². The van der Waals surface area contributed by atoms with Crippen LogP contribution >= 0.6 is 0 Å². The number of unbranched alkanes of at least 4 members (excludes halogenated alkanes) is 26. The van der Waals surface area contributed by atoms with Crippen LogP contribution in [0.5, 0.6) is 0 Å². The number of hydrogen-bond acceptors (Lipinski definition) is 5. The molecule has 0 aliphatic rings. The summed E-state index contributed by atoms with van der Waals surface area (Å²) in [7, 11) is 0. The number of carbonyl (C=O) groups is 3. The molecule has 4 N–H and O–H groups in total. The second-order valence-electron chi connectivity index (χ2n) is 15.9. The van der Waals surface area contributed by atoms with Gasteiger partial charge in [0.05, 0.1) is 0 Å². The molecule has 8 nitrogen and oxygen atoms in total. The number of guanidine groups is 1.